The van der Waals surface area contributed by atoms with Gasteiger partial charge in [0.1, 0.15) is 0 Å². The SMILES string of the molecule is O=C(CSc1nnnn1C[C@H]1CCCO1)N1CCc2sccc2[C@H]1c1cccs1. The van der Waals surface area contributed by atoms with Crippen LogP contribution in [0, 0.1) is 0 Å². The first-order valence-corrected chi connectivity index (χ1v) is 12.4. The number of thiophene rings is 2. The summed E-state index contributed by atoms with van der Waals surface area (Å²) in [6.45, 7) is 2.19. The van der Waals surface area contributed by atoms with Crippen molar-refractivity contribution in [2.75, 3.05) is 18.9 Å². The van der Waals surface area contributed by atoms with Crippen molar-refractivity contribution in [3.8, 4) is 0 Å². The van der Waals surface area contributed by atoms with Crippen LogP contribution in [0.5, 0.6) is 0 Å². The van der Waals surface area contributed by atoms with Crippen molar-refractivity contribution in [3.63, 3.8) is 0 Å². The summed E-state index contributed by atoms with van der Waals surface area (Å²) in [6.07, 6.45) is 3.19. The summed E-state index contributed by atoms with van der Waals surface area (Å²) in [6, 6.07) is 6.36. The highest BCUT2D eigenvalue weighted by Crippen LogP contribution is 2.39. The van der Waals surface area contributed by atoms with Gasteiger partial charge in [0.25, 0.3) is 0 Å². The van der Waals surface area contributed by atoms with E-state index < -0.39 is 0 Å². The van der Waals surface area contributed by atoms with Gasteiger partial charge in [0, 0.05) is 22.9 Å². The maximum Gasteiger partial charge on any atom is 0.233 e. The minimum absolute atomic E-state index is 0.0148. The molecule has 2 aliphatic heterocycles. The van der Waals surface area contributed by atoms with Crippen molar-refractivity contribution in [1.82, 2.24) is 25.1 Å². The van der Waals surface area contributed by atoms with Crippen LogP contribution < -0.4 is 0 Å². The minimum Gasteiger partial charge on any atom is -0.376 e. The van der Waals surface area contributed by atoms with E-state index in [1.54, 1.807) is 27.4 Å². The molecule has 0 bridgehead atoms. The third-order valence-electron chi connectivity index (χ3n) is 5.32. The highest BCUT2D eigenvalue weighted by atomic mass is 32.2. The molecule has 0 N–H and O–H groups in total. The molecule has 2 atom stereocenters. The number of hydrogen-bond acceptors (Lipinski definition) is 8. The zero-order valence-corrected chi connectivity index (χ0v) is 18.2. The monoisotopic (exact) mass is 447 g/mol. The van der Waals surface area contributed by atoms with Crippen LogP contribution in [-0.2, 0) is 22.5 Å². The van der Waals surface area contributed by atoms with Crippen molar-refractivity contribution in [2.45, 2.75) is 43.1 Å². The molecule has 5 heterocycles. The Morgan fingerprint density at radius 2 is 2.28 bits per heavy atom. The van der Waals surface area contributed by atoms with E-state index in [2.05, 4.69) is 44.5 Å². The molecule has 1 fully saturated rings. The minimum atomic E-state index is 0.0148. The Hall–Kier alpha value is -1.75. The lowest BCUT2D eigenvalue weighted by molar-refractivity contribution is -0.130. The fraction of sp³-hybridized carbons (Fsp3) is 0.474. The number of fused-ring (bicyclic) bond motifs is 1. The van der Waals surface area contributed by atoms with E-state index in [0.717, 1.165) is 32.4 Å². The molecule has 3 aromatic rings. The van der Waals surface area contributed by atoms with Crippen LogP contribution in [0.2, 0.25) is 0 Å². The average Bonchev–Trinajstić information content (AvgIpc) is 3.54. The van der Waals surface area contributed by atoms with Gasteiger partial charge in [-0.15, -0.1) is 27.8 Å². The van der Waals surface area contributed by atoms with Crippen molar-refractivity contribution in [2.24, 2.45) is 0 Å². The van der Waals surface area contributed by atoms with Crippen molar-refractivity contribution in [1.29, 1.82) is 0 Å². The number of aromatic nitrogens is 4. The Morgan fingerprint density at radius 1 is 1.31 bits per heavy atom. The maximum atomic E-state index is 13.2. The van der Waals surface area contributed by atoms with Crippen molar-refractivity contribution in [3.05, 3.63) is 44.3 Å². The van der Waals surface area contributed by atoms with E-state index >= 15 is 0 Å². The Labute approximate surface area is 181 Å². The van der Waals surface area contributed by atoms with Crippen LogP contribution >= 0.6 is 34.4 Å². The summed E-state index contributed by atoms with van der Waals surface area (Å²) >= 11 is 4.90. The number of hydrogen-bond donors (Lipinski definition) is 0. The molecule has 3 aromatic heterocycles. The van der Waals surface area contributed by atoms with E-state index in [9.17, 15) is 4.79 Å². The van der Waals surface area contributed by atoms with Crippen LogP contribution in [0.3, 0.4) is 0 Å². The van der Waals surface area contributed by atoms with E-state index in [0.29, 0.717) is 17.5 Å². The molecule has 1 amide bonds. The fourth-order valence-electron chi connectivity index (χ4n) is 3.94. The Morgan fingerprint density at radius 3 is 3.10 bits per heavy atom. The number of carbonyl (C=O) groups is 1. The molecule has 0 radical (unpaired) electrons. The number of amides is 1. The fourth-order valence-corrected chi connectivity index (χ4v) is 6.47. The number of thioether (sulfide) groups is 1. The molecule has 7 nitrogen and oxygen atoms in total. The molecule has 29 heavy (non-hydrogen) atoms. The zero-order chi connectivity index (χ0) is 19.6. The molecule has 10 heteroatoms. The molecule has 5 rings (SSSR count). The van der Waals surface area contributed by atoms with Crippen molar-refractivity contribution < 1.29 is 9.53 Å². The van der Waals surface area contributed by atoms with Gasteiger partial charge >= 0.3 is 0 Å². The van der Waals surface area contributed by atoms with Crippen LogP contribution in [0.1, 0.15) is 34.2 Å². The summed E-state index contributed by atoms with van der Waals surface area (Å²) in [5, 5.41) is 16.9. The van der Waals surface area contributed by atoms with Gasteiger partial charge in [-0.05, 0) is 58.1 Å². The smallest absolute Gasteiger partial charge is 0.233 e. The normalized spacial score (nSPS) is 21.4. The first-order chi connectivity index (χ1) is 14.3. The predicted octanol–water partition coefficient (Wildman–Crippen LogP) is 3.24. The third kappa shape index (κ3) is 3.98. The molecule has 0 spiro atoms. The molecule has 152 valence electrons. The summed E-state index contributed by atoms with van der Waals surface area (Å²) in [5.74, 6) is 0.449. The van der Waals surface area contributed by atoms with E-state index in [1.807, 2.05) is 4.90 Å². The van der Waals surface area contributed by atoms with E-state index in [4.69, 9.17) is 4.74 Å². The van der Waals surface area contributed by atoms with Gasteiger partial charge in [0.2, 0.25) is 11.1 Å². The second-order valence-electron chi connectivity index (χ2n) is 7.12. The van der Waals surface area contributed by atoms with E-state index in [1.165, 1.54) is 27.1 Å². The van der Waals surface area contributed by atoms with Gasteiger partial charge < -0.3 is 9.64 Å². The molecule has 0 saturated carbocycles. The van der Waals surface area contributed by atoms with Gasteiger partial charge in [-0.25, -0.2) is 4.68 Å². The zero-order valence-electron chi connectivity index (χ0n) is 15.8. The molecular weight excluding hydrogens is 426 g/mol. The lowest BCUT2D eigenvalue weighted by Crippen LogP contribution is -2.40. The predicted molar refractivity (Wildman–Crippen MR) is 113 cm³/mol. The standard InChI is InChI=1S/C19H21N5O2S3/c25-17(12-29-19-20-21-22-24(19)11-13-3-1-8-26-13)23-7-5-15-14(6-10-28-15)18(23)16-4-2-9-27-16/h2,4,6,9-10,13,18H,1,3,5,7-8,11-12H2/t13-,18+/m1/s1. The van der Waals surface area contributed by atoms with E-state index in [-0.39, 0.29) is 18.1 Å². The van der Waals surface area contributed by atoms with Gasteiger partial charge in [0.15, 0.2) is 0 Å². The number of rotatable bonds is 6. The van der Waals surface area contributed by atoms with Gasteiger partial charge in [-0.2, -0.15) is 0 Å². The molecule has 0 unspecified atom stereocenters. The maximum absolute atomic E-state index is 13.2. The largest absolute Gasteiger partial charge is 0.376 e. The molecule has 1 saturated heterocycles. The lowest BCUT2D eigenvalue weighted by Gasteiger charge is -2.35. The quantitative estimate of drug-likeness (QED) is 0.540. The number of ether oxygens (including phenoxy) is 1. The Balaban J connectivity index is 1.29. The first kappa shape index (κ1) is 19.2. The highest BCUT2D eigenvalue weighted by molar-refractivity contribution is 7.99. The topological polar surface area (TPSA) is 73.1 Å². The van der Waals surface area contributed by atoms with Crippen LogP contribution in [-0.4, -0.2) is 56.0 Å². The van der Waals surface area contributed by atoms with Gasteiger partial charge in [-0.1, -0.05) is 17.8 Å². The third-order valence-corrected chi connectivity index (χ3v) is 8.19. The Kier molecular flexibility index (Phi) is 5.67. The van der Waals surface area contributed by atoms with Crippen LogP contribution in [0.15, 0.2) is 34.1 Å². The molecule has 0 aliphatic carbocycles. The summed E-state index contributed by atoms with van der Waals surface area (Å²) in [7, 11) is 0. The highest BCUT2D eigenvalue weighted by Gasteiger charge is 2.33. The number of nitrogens with zero attached hydrogens (tertiary/aromatic N) is 5. The molecule has 2 aliphatic rings. The van der Waals surface area contributed by atoms with Crippen LogP contribution in [0.4, 0.5) is 0 Å². The van der Waals surface area contributed by atoms with Crippen molar-refractivity contribution >= 4 is 40.3 Å². The molecule has 0 aromatic carbocycles. The van der Waals surface area contributed by atoms with Gasteiger partial charge in [0.05, 0.1) is 24.4 Å². The number of carbonyl (C=O) groups excluding carboxylic acids is 1. The lowest BCUT2D eigenvalue weighted by atomic mass is 9.98. The summed E-state index contributed by atoms with van der Waals surface area (Å²) < 4.78 is 7.45. The summed E-state index contributed by atoms with van der Waals surface area (Å²) in [4.78, 5) is 17.8. The second-order valence-corrected chi connectivity index (χ2v) is 10.0. The van der Waals surface area contributed by atoms with Gasteiger partial charge in [-0.3, -0.25) is 4.79 Å². The average molecular weight is 448 g/mol. The van der Waals surface area contributed by atoms with Crippen LogP contribution in [0.25, 0.3) is 0 Å². The Bertz CT molecular complexity index is 964. The second kappa shape index (κ2) is 8.55. The molecular formula is C19H21N5O2S3. The first-order valence-electron chi connectivity index (χ1n) is 9.69. The number of tetrazole rings is 1. The summed E-state index contributed by atoms with van der Waals surface area (Å²) in [5.41, 5.74) is 1.27.